The van der Waals surface area contributed by atoms with Crippen LogP contribution in [-0.2, 0) is 0 Å². The average molecular weight is 399 g/mol. The number of aromatic nitrogens is 3. The lowest BCUT2D eigenvalue weighted by Gasteiger charge is -2.18. The van der Waals surface area contributed by atoms with Crippen molar-refractivity contribution in [2.45, 2.75) is 13.0 Å². The molecule has 4 rings (SSSR count). The molecule has 1 heterocycles. The van der Waals surface area contributed by atoms with Crippen molar-refractivity contribution in [3.05, 3.63) is 102 Å². The Morgan fingerprint density at radius 1 is 0.933 bits per heavy atom. The molecule has 4 aromatic rings. The van der Waals surface area contributed by atoms with Crippen molar-refractivity contribution in [3.63, 3.8) is 0 Å². The van der Waals surface area contributed by atoms with Crippen LogP contribution < -0.4 is 15.4 Å². The van der Waals surface area contributed by atoms with Gasteiger partial charge in [-0.15, -0.1) is 0 Å². The van der Waals surface area contributed by atoms with E-state index in [4.69, 9.17) is 4.74 Å². The first kappa shape index (κ1) is 19.2. The largest absolute Gasteiger partial charge is 0.455 e. The Labute approximate surface area is 174 Å². The van der Waals surface area contributed by atoms with E-state index in [1.54, 1.807) is 12.1 Å². The minimum Gasteiger partial charge on any atom is -0.455 e. The van der Waals surface area contributed by atoms with Gasteiger partial charge in [-0.25, -0.2) is 9.78 Å². The maximum Gasteiger partial charge on any atom is 0.320 e. The van der Waals surface area contributed by atoms with E-state index in [1.807, 2.05) is 79.7 Å². The Bertz CT molecular complexity index is 1110. The number of hydrogen-bond donors (Lipinski definition) is 3. The number of rotatable bonds is 6. The van der Waals surface area contributed by atoms with Gasteiger partial charge in [0.15, 0.2) is 11.6 Å². The smallest absolute Gasteiger partial charge is 0.320 e. The number of carbonyl (C=O) groups is 1. The van der Waals surface area contributed by atoms with Crippen LogP contribution in [0.4, 0.5) is 10.5 Å². The molecule has 0 radical (unpaired) electrons. The molecule has 7 heteroatoms. The van der Waals surface area contributed by atoms with Gasteiger partial charge in [0.1, 0.15) is 17.6 Å². The molecule has 2 amide bonds. The van der Waals surface area contributed by atoms with Crippen LogP contribution in [0.3, 0.4) is 0 Å². The van der Waals surface area contributed by atoms with Gasteiger partial charge in [0.2, 0.25) is 0 Å². The Balaban J connectivity index is 1.53. The molecule has 0 bridgehead atoms. The quantitative estimate of drug-likeness (QED) is 0.434. The zero-order valence-electron chi connectivity index (χ0n) is 16.4. The number of aryl methyl sites for hydroxylation is 1. The highest BCUT2D eigenvalue weighted by molar-refractivity contribution is 5.91. The summed E-state index contributed by atoms with van der Waals surface area (Å²) >= 11 is 0. The number of nitrogens with zero attached hydrogens (tertiary/aromatic N) is 2. The minimum atomic E-state index is -0.502. The van der Waals surface area contributed by atoms with Gasteiger partial charge in [0, 0.05) is 0 Å². The molecular weight excluding hydrogens is 378 g/mol. The summed E-state index contributed by atoms with van der Waals surface area (Å²) in [6.07, 6.45) is 0. The van der Waals surface area contributed by atoms with Crippen LogP contribution in [0.2, 0.25) is 0 Å². The summed E-state index contributed by atoms with van der Waals surface area (Å²) < 4.78 is 5.92. The van der Waals surface area contributed by atoms with Crippen LogP contribution in [0.5, 0.6) is 11.5 Å². The number of anilines is 1. The predicted octanol–water partition coefficient (Wildman–Crippen LogP) is 4.82. The summed E-state index contributed by atoms with van der Waals surface area (Å²) in [7, 11) is 0. The number of nitrogens with one attached hydrogen (secondary N) is 3. The summed E-state index contributed by atoms with van der Waals surface area (Å²) in [5.74, 6) is 2.40. The Kier molecular flexibility index (Phi) is 5.70. The molecule has 0 spiro atoms. The number of amides is 2. The fourth-order valence-corrected chi connectivity index (χ4v) is 3.00. The molecule has 1 unspecified atom stereocenters. The molecule has 1 aromatic heterocycles. The molecule has 0 saturated heterocycles. The summed E-state index contributed by atoms with van der Waals surface area (Å²) in [5, 5.41) is 12.9. The van der Waals surface area contributed by atoms with Gasteiger partial charge in [0.25, 0.3) is 0 Å². The van der Waals surface area contributed by atoms with Gasteiger partial charge in [-0.05, 0) is 36.8 Å². The first-order chi connectivity index (χ1) is 14.7. The summed E-state index contributed by atoms with van der Waals surface area (Å²) in [5.41, 5.74) is 1.43. The molecule has 0 fully saturated rings. The molecule has 3 aromatic carbocycles. The van der Waals surface area contributed by atoms with Gasteiger partial charge >= 0.3 is 6.03 Å². The van der Waals surface area contributed by atoms with Crippen molar-refractivity contribution in [3.8, 4) is 11.5 Å². The molecule has 0 saturated carbocycles. The highest BCUT2D eigenvalue weighted by Crippen LogP contribution is 2.29. The molecule has 0 aliphatic rings. The Hall–Kier alpha value is -4.13. The predicted molar refractivity (Wildman–Crippen MR) is 115 cm³/mol. The van der Waals surface area contributed by atoms with Crippen molar-refractivity contribution >= 4 is 11.7 Å². The van der Waals surface area contributed by atoms with Crippen molar-refractivity contribution in [1.82, 2.24) is 20.5 Å². The normalized spacial score (nSPS) is 11.5. The molecule has 30 heavy (non-hydrogen) atoms. The van der Waals surface area contributed by atoms with E-state index in [-0.39, 0.29) is 0 Å². The van der Waals surface area contributed by atoms with Gasteiger partial charge in [-0.1, -0.05) is 60.7 Å². The SMILES string of the molecule is Cc1nc(C(NC(=O)Nc2ccccc2Oc2ccccc2)c2ccccc2)n[nH]1. The topological polar surface area (TPSA) is 91.9 Å². The third-order valence-electron chi connectivity index (χ3n) is 4.39. The molecule has 7 nitrogen and oxygen atoms in total. The van der Waals surface area contributed by atoms with E-state index in [1.165, 1.54) is 0 Å². The average Bonchev–Trinajstić information content (AvgIpc) is 3.21. The number of carbonyl (C=O) groups excluding carboxylic acids is 1. The van der Waals surface area contributed by atoms with Crippen molar-refractivity contribution in [2.24, 2.45) is 0 Å². The maximum absolute atomic E-state index is 12.8. The van der Waals surface area contributed by atoms with Crippen molar-refractivity contribution < 1.29 is 9.53 Å². The zero-order valence-corrected chi connectivity index (χ0v) is 16.4. The lowest BCUT2D eigenvalue weighted by atomic mass is 10.1. The molecule has 0 aliphatic carbocycles. The van der Waals surface area contributed by atoms with E-state index in [0.717, 1.165) is 5.56 Å². The maximum atomic E-state index is 12.8. The van der Waals surface area contributed by atoms with Crippen LogP contribution in [0.1, 0.15) is 23.3 Å². The standard InChI is InChI=1S/C23H21N5O2/c1-16-24-22(28-27-16)21(17-10-4-2-5-11-17)26-23(29)25-19-14-8-9-15-20(19)30-18-12-6-3-7-13-18/h2-15,21H,1H3,(H,24,27,28)(H2,25,26,29). The fraction of sp³-hybridized carbons (Fsp3) is 0.0870. The number of benzene rings is 3. The van der Waals surface area contributed by atoms with E-state index >= 15 is 0 Å². The number of hydrogen-bond acceptors (Lipinski definition) is 4. The fourth-order valence-electron chi connectivity index (χ4n) is 3.00. The Morgan fingerprint density at radius 3 is 2.30 bits per heavy atom. The zero-order chi connectivity index (χ0) is 20.8. The van der Waals surface area contributed by atoms with Crippen LogP contribution >= 0.6 is 0 Å². The first-order valence-corrected chi connectivity index (χ1v) is 9.52. The van der Waals surface area contributed by atoms with Crippen LogP contribution in [0.25, 0.3) is 0 Å². The highest BCUT2D eigenvalue weighted by Gasteiger charge is 2.21. The van der Waals surface area contributed by atoms with E-state index in [9.17, 15) is 4.79 Å². The number of H-pyrrole nitrogens is 1. The second-order valence-electron chi connectivity index (χ2n) is 6.63. The molecule has 0 aliphatic heterocycles. The third kappa shape index (κ3) is 4.64. The van der Waals surface area contributed by atoms with Gasteiger partial charge in [-0.3, -0.25) is 5.10 Å². The number of aromatic amines is 1. The number of para-hydroxylation sites is 3. The monoisotopic (exact) mass is 399 g/mol. The lowest BCUT2D eigenvalue weighted by Crippen LogP contribution is -2.34. The molecule has 150 valence electrons. The van der Waals surface area contributed by atoms with E-state index in [2.05, 4.69) is 25.8 Å². The third-order valence-corrected chi connectivity index (χ3v) is 4.39. The van der Waals surface area contributed by atoms with E-state index in [0.29, 0.717) is 28.8 Å². The van der Waals surface area contributed by atoms with Gasteiger partial charge in [0.05, 0.1) is 5.69 Å². The van der Waals surface area contributed by atoms with Crippen LogP contribution in [-0.4, -0.2) is 21.2 Å². The summed E-state index contributed by atoms with van der Waals surface area (Å²) in [4.78, 5) is 17.2. The second-order valence-corrected chi connectivity index (χ2v) is 6.63. The summed E-state index contributed by atoms with van der Waals surface area (Å²) in [6.45, 7) is 1.82. The first-order valence-electron chi connectivity index (χ1n) is 9.52. The molecular formula is C23H21N5O2. The molecule has 1 atom stereocenters. The minimum absolute atomic E-state index is 0.393. The van der Waals surface area contributed by atoms with Gasteiger partial charge in [-0.2, -0.15) is 5.10 Å². The van der Waals surface area contributed by atoms with Crippen LogP contribution in [0.15, 0.2) is 84.9 Å². The number of urea groups is 1. The van der Waals surface area contributed by atoms with E-state index < -0.39 is 12.1 Å². The molecule has 3 N–H and O–H groups in total. The second kappa shape index (κ2) is 8.91. The van der Waals surface area contributed by atoms with Crippen molar-refractivity contribution in [2.75, 3.05) is 5.32 Å². The van der Waals surface area contributed by atoms with Gasteiger partial charge < -0.3 is 15.4 Å². The highest BCUT2D eigenvalue weighted by atomic mass is 16.5. The number of ether oxygens (including phenoxy) is 1. The van der Waals surface area contributed by atoms with Crippen LogP contribution in [0, 0.1) is 6.92 Å². The Morgan fingerprint density at radius 2 is 1.60 bits per heavy atom. The lowest BCUT2D eigenvalue weighted by molar-refractivity contribution is 0.249. The summed E-state index contributed by atoms with van der Waals surface area (Å²) in [6, 6.07) is 25.4. The van der Waals surface area contributed by atoms with Crippen molar-refractivity contribution in [1.29, 1.82) is 0 Å².